The number of nitrogens with one attached hydrogen (secondary N) is 2. The van der Waals surface area contributed by atoms with Crippen LogP contribution in [-0.4, -0.2) is 13.0 Å². The Labute approximate surface area is 108 Å². The maximum absolute atomic E-state index is 11.4. The van der Waals surface area contributed by atoms with E-state index < -0.39 is 0 Å². The zero-order chi connectivity index (χ0) is 12.5. The Hall–Kier alpha value is -1.35. The van der Waals surface area contributed by atoms with Crippen molar-refractivity contribution in [1.82, 2.24) is 5.32 Å². The van der Waals surface area contributed by atoms with Gasteiger partial charge in [-0.25, -0.2) is 0 Å². The lowest BCUT2D eigenvalue weighted by molar-refractivity contribution is -0.115. The SMILES string of the molecule is CNC(CC1CCC1)c1ccc2c(c1)CC(=O)N2. The molecule has 1 atom stereocenters. The van der Waals surface area contributed by atoms with Crippen LogP contribution in [-0.2, 0) is 11.2 Å². The molecular formula is C15H20N2O. The minimum Gasteiger partial charge on any atom is -0.326 e. The molecule has 1 unspecified atom stereocenters. The first-order valence-electron chi connectivity index (χ1n) is 6.86. The molecular weight excluding hydrogens is 224 g/mol. The van der Waals surface area contributed by atoms with Crippen LogP contribution in [0.5, 0.6) is 0 Å². The summed E-state index contributed by atoms with van der Waals surface area (Å²) in [6, 6.07) is 6.80. The Morgan fingerprint density at radius 3 is 2.94 bits per heavy atom. The summed E-state index contributed by atoms with van der Waals surface area (Å²) in [5, 5.41) is 6.30. The summed E-state index contributed by atoms with van der Waals surface area (Å²) < 4.78 is 0. The van der Waals surface area contributed by atoms with E-state index in [9.17, 15) is 4.79 Å². The molecule has 1 heterocycles. The van der Waals surface area contributed by atoms with Crippen LogP contribution in [0.2, 0.25) is 0 Å². The van der Waals surface area contributed by atoms with Crippen molar-refractivity contribution < 1.29 is 4.79 Å². The van der Waals surface area contributed by atoms with Crippen molar-refractivity contribution in [2.75, 3.05) is 12.4 Å². The number of amides is 1. The highest BCUT2D eigenvalue weighted by Crippen LogP contribution is 2.35. The fourth-order valence-electron chi connectivity index (χ4n) is 2.95. The number of anilines is 1. The van der Waals surface area contributed by atoms with Gasteiger partial charge in [0, 0.05) is 11.7 Å². The van der Waals surface area contributed by atoms with Gasteiger partial charge in [0.25, 0.3) is 0 Å². The van der Waals surface area contributed by atoms with Crippen LogP contribution in [0.1, 0.15) is 42.9 Å². The van der Waals surface area contributed by atoms with E-state index in [0.29, 0.717) is 12.5 Å². The van der Waals surface area contributed by atoms with Gasteiger partial charge in [0.1, 0.15) is 0 Å². The average Bonchev–Trinajstić information content (AvgIpc) is 2.67. The molecule has 0 radical (unpaired) electrons. The Morgan fingerprint density at radius 1 is 1.44 bits per heavy atom. The van der Waals surface area contributed by atoms with Crippen LogP contribution < -0.4 is 10.6 Å². The van der Waals surface area contributed by atoms with Crippen LogP contribution in [0, 0.1) is 5.92 Å². The lowest BCUT2D eigenvalue weighted by Crippen LogP contribution is -2.23. The predicted molar refractivity (Wildman–Crippen MR) is 72.5 cm³/mol. The quantitative estimate of drug-likeness (QED) is 0.855. The second-order valence-electron chi connectivity index (χ2n) is 5.52. The van der Waals surface area contributed by atoms with Crippen LogP contribution in [0.15, 0.2) is 18.2 Å². The third kappa shape index (κ3) is 2.15. The molecule has 2 N–H and O–H groups in total. The summed E-state index contributed by atoms with van der Waals surface area (Å²) in [4.78, 5) is 11.4. The van der Waals surface area contributed by atoms with E-state index in [1.165, 1.54) is 31.2 Å². The van der Waals surface area contributed by atoms with Crippen LogP contribution in [0.25, 0.3) is 0 Å². The van der Waals surface area contributed by atoms with E-state index in [2.05, 4.69) is 22.8 Å². The Kier molecular flexibility index (Phi) is 3.08. The minimum atomic E-state index is 0.113. The van der Waals surface area contributed by atoms with Crippen LogP contribution >= 0.6 is 0 Å². The highest BCUT2D eigenvalue weighted by molar-refractivity contribution is 5.99. The van der Waals surface area contributed by atoms with Crippen molar-refractivity contribution in [3.05, 3.63) is 29.3 Å². The highest BCUT2D eigenvalue weighted by atomic mass is 16.1. The summed E-state index contributed by atoms with van der Waals surface area (Å²) >= 11 is 0. The van der Waals surface area contributed by atoms with Crippen molar-refractivity contribution in [2.45, 2.75) is 38.1 Å². The van der Waals surface area contributed by atoms with E-state index in [0.717, 1.165) is 17.2 Å². The van der Waals surface area contributed by atoms with Gasteiger partial charge in [0.15, 0.2) is 0 Å². The Balaban J connectivity index is 1.78. The van der Waals surface area contributed by atoms with Crippen molar-refractivity contribution in [2.24, 2.45) is 5.92 Å². The van der Waals surface area contributed by atoms with Gasteiger partial charge in [0.05, 0.1) is 6.42 Å². The number of fused-ring (bicyclic) bond motifs is 1. The molecule has 1 saturated carbocycles. The first-order valence-corrected chi connectivity index (χ1v) is 6.86. The molecule has 1 aromatic carbocycles. The standard InChI is InChI=1S/C15H20N2O/c1-16-14(7-10-3-2-4-10)11-5-6-13-12(8-11)9-15(18)17-13/h5-6,8,10,14,16H,2-4,7,9H2,1H3,(H,17,18). The van der Waals surface area contributed by atoms with Crippen molar-refractivity contribution in [1.29, 1.82) is 0 Å². The van der Waals surface area contributed by atoms with Gasteiger partial charge in [-0.05, 0) is 36.6 Å². The average molecular weight is 244 g/mol. The van der Waals surface area contributed by atoms with Crippen molar-refractivity contribution in [3.63, 3.8) is 0 Å². The second kappa shape index (κ2) is 4.73. The van der Waals surface area contributed by atoms with E-state index >= 15 is 0 Å². The normalized spacial score (nSPS) is 20.2. The molecule has 0 bridgehead atoms. The highest BCUT2D eigenvalue weighted by Gasteiger charge is 2.24. The number of carbonyl (C=O) groups excluding carboxylic acids is 1. The fraction of sp³-hybridized carbons (Fsp3) is 0.533. The molecule has 2 aliphatic rings. The minimum absolute atomic E-state index is 0.113. The summed E-state index contributed by atoms with van der Waals surface area (Å²) in [6.45, 7) is 0. The maximum atomic E-state index is 11.4. The van der Waals surface area contributed by atoms with Crippen LogP contribution in [0.3, 0.4) is 0 Å². The first-order chi connectivity index (χ1) is 8.76. The van der Waals surface area contributed by atoms with Gasteiger partial charge in [0.2, 0.25) is 5.91 Å². The van der Waals surface area contributed by atoms with Gasteiger partial charge in [-0.3, -0.25) is 4.79 Å². The summed E-state index contributed by atoms with van der Waals surface area (Å²) in [5.74, 6) is 0.998. The number of carbonyl (C=O) groups is 1. The van der Waals surface area contributed by atoms with E-state index in [1.54, 1.807) is 0 Å². The zero-order valence-corrected chi connectivity index (χ0v) is 10.8. The molecule has 1 aliphatic heterocycles. The van der Waals surface area contributed by atoms with Gasteiger partial charge >= 0.3 is 0 Å². The molecule has 3 rings (SSSR count). The topological polar surface area (TPSA) is 41.1 Å². The van der Waals surface area contributed by atoms with E-state index in [-0.39, 0.29) is 5.91 Å². The molecule has 18 heavy (non-hydrogen) atoms. The molecule has 1 fully saturated rings. The van der Waals surface area contributed by atoms with Gasteiger partial charge < -0.3 is 10.6 Å². The number of hydrogen-bond donors (Lipinski definition) is 2. The number of benzene rings is 1. The zero-order valence-electron chi connectivity index (χ0n) is 10.8. The van der Waals surface area contributed by atoms with Gasteiger partial charge in [-0.1, -0.05) is 31.4 Å². The fourth-order valence-corrected chi connectivity index (χ4v) is 2.95. The Morgan fingerprint density at radius 2 is 2.28 bits per heavy atom. The third-order valence-electron chi connectivity index (χ3n) is 4.30. The molecule has 3 nitrogen and oxygen atoms in total. The molecule has 1 aliphatic carbocycles. The third-order valence-corrected chi connectivity index (χ3v) is 4.30. The number of rotatable bonds is 4. The van der Waals surface area contributed by atoms with Crippen molar-refractivity contribution in [3.8, 4) is 0 Å². The molecule has 1 amide bonds. The van der Waals surface area contributed by atoms with Crippen LogP contribution in [0.4, 0.5) is 5.69 Å². The summed E-state index contributed by atoms with van der Waals surface area (Å²) in [6.07, 6.45) is 5.90. The molecule has 0 saturated heterocycles. The summed E-state index contributed by atoms with van der Waals surface area (Å²) in [7, 11) is 2.03. The second-order valence-corrected chi connectivity index (χ2v) is 5.52. The number of hydrogen-bond acceptors (Lipinski definition) is 2. The van der Waals surface area contributed by atoms with Crippen molar-refractivity contribution >= 4 is 11.6 Å². The largest absolute Gasteiger partial charge is 0.326 e. The maximum Gasteiger partial charge on any atom is 0.228 e. The molecule has 1 aromatic rings. The van der Waals surface area contributed by atoms with Gasteiger partial charge in [-0.15, -0.1) is 0 Å². The lowest BCUT2D eigenvalue weighted by atomic mass is 9.79. The molecule has 96 valence electrons. The first kappa shape index (κ1) is 11.7. The smallest absolute Gasteiger partial charge is 0.228 e. The molecule has 3 heteroatoms. The molecule has 0 spiro atoms. The van der Waals surface area contributed by atoms with E-state index in [4.69, 9.17) is 0 Å². The van der Waals surface area contributed by atoms with E-state index in [1.807, 2.05) is 13.1 Å². The summed E-state index contributed by atoms with van der Waals surface area (Å²) in [5.41, 5.74) is 3.45. The molecule has 0 aromatic heterocycles. The predicted octanol–water partition coefficient (Wildman–Crippen LogP) is 2.63. The Bertz CT molecular complexity index is 466. The van der Waals surface area contributed by atoms with Gasteiger partial charge in [-0.2, -0.15) is 0 Å². The lowest BCUT2D eigenvalue weighted by Gasteiger charge is -2.30. The monoisotopic (exact) mass is 244 g/mol.